The van der Waals surface area contributed by atoms with E-state index in [9.17, 15) is 4.79 Å². The number of benzene rings is 1. The molecule has 0 aliphatic heterocycles. The van der Waals surface area contributed by atoms with Gasteiger partial charge in [0.15, 0.2) is 5.82 Å². The number of aryl methyl sites for hydroxylation is 1. The summed E-state index contributed by atoms with van der Waals surface area (Å²) in [7, 11) is 1.77. The fourth-order valence-electron chi connectivity index (χ4n) is 1.75. The van der Waals surface area contributed by atoms with E-state index in [0.717, 1.165) is 18.4 Å². The minimum atomic E-state index is -0.0644. The van der Waals surface area contributed by atoms with Gasteiger partial charge in [-0.3, -0.25) is 4.79 Å². The number of nitrogens with zero attached hydrogens (tertiary/aromatic N) is 4. The predicted molar refractivity (Wildman–Crippen MR) is 71.5 cm³/mol. The normalized spacial score (nSPS) is 10.4. The Kier molecular flexibility index (Phi) is 4.22. The number of hydrogen-bond acceptors (Lipinski definition) is 4. The molecule has 0 aliphatic carbocycles. The summed E-state index contributed by atoms with van der Waals surface area (Å²) in [6.45, 7) is 2.79. The lowest BCUT2D eigenvalue weighted by Gasteiger charge is -2.05. The number of amides is 1. The van der Waals surface area contributed by atoms with Crippen molar-refractivity contribution in [1.82, 2.24) is 25.5 Å². The van der Waals surface area contributed by atoms with Crippen LogP contribution in [0.1, 0.15) is 30.1 Å². The van der Waals surface area contributed by atoms with Gasteiger partial charge in [-0.25, -0.2) is 4.68 Å². The zero-order chi connectivity index (χ0) is 13.7. The second-order valence-corrected chi connectivity index (χ2v) is 4.32. The monoisotopic (exact) mass is 259 g/mol. The molecule has 0 fully saturated rings. The summed E-state index contributed by atoms with van der Waals surface area (Å²) >= 11 is 0. The number of unbranched alkanes of at least 4 members (excludes halogenated alkanes) is 1. The maximum absolute atomic E-state index is 12.0. The summed E-state index contributed by atoms with van der Waals surface area (Å²) in [6, 6.07) is 7.30. The maximum atomic E-state index is 12.0. The van der Waals surface area contributed by atoms with Gasteiger partial charge >= 0.3 is 0 Å². The molecule has 0 unspecified atom stereocenters. The van der Waals surface area contributed by atoms with Crippen LogP contribution in [0.15, 0.2) is 24.3 Å². The first-order chi connectivity index (χ1) is 9.22. The summed E-state index contributed by atoms with van der Waals surface area (Å²) < 4.78 is 1.58. The highest BCUT2D eigenvalue weighted by molar-refractivity contribution is 5.95. The molecule has 0 aliphatic rings. The van der Waals surface area contributed by atoms with Gasteiger partial charge < -0.3 is 5.32 Å². The first kappa shape index (κ1) is 13.2. The van der Waals surface area contributed by atoms with Crippen LogP contribution in [0.4, 0.5) is 0 Å². The van der Waals surface area contributed by atoms with Crippen LogP contribution in [0.25, 0.3) is 11.4 Å². The van der Waals surface area contributed by atoms with Crippen molar-refractivity contribution >= 4 is 5.91 Å². The van der Waals surface area contributed by atoms with Crippen LogP contribution in [0, 0.1) is 0 Å². The molecule has 1 heterocycles. The molecular weight excluding hydrogens is 242 g/mol. The summed E-state index contributed by atoms with van der Waals surface area (Å²) in [5.74, 6) is 0.577. The smallest absolute Gasteiger partial charge is 0.251 e. The Labute approximate surface area is 111 Å². The highest BCUT2D eigenvalue weighted by Crippen LogP contribution is 2.16. The molecule has 100 valence electrons. The maximum Gasteiger partial charge on any atom is 0.251 e. The largest absolute Gasteiger partial charge is 0.352 e. The third kappa shape index (κ3) is 3.15. The molecule has 1 N–H and O–H groups in total. The van der Waals surface area contributed by atoms with E-state index in [0.29, 0.717) is 17.9 Å². The minimum Gasteiger partial charge on any atom is -0.352 e. The third-order valence-electron chi connectivity index (χ3n) is 2.82. The molecule has 6 nitrogen and oxygen atoms in total. The van der Waals surface area contributed by atoms with E-state index in [-0.39, 0.29) is 5.91 Å². The molecule has 0 saturated heterocycles. The van der Waals surface area contributed by atoms with Crippen molar-refractivity contribution in [2.45, 2.75) is 19.8 Å². The van der Waals surface area contributed by atoms with Gasteiger partial charge in [-0.05, 0) is 29.0 Å². The lowest BCUT2D eigenvalue weighted by molar-refractivity contribution is 0.0953. The number of tetrazole rings is 1. The molecular formula is C13H17N5O. The zero-order valence-corrected chi connectivity index (χ0v) is 11.1. The summed E-state index contributed by atoms with van der Waals surface area (Å²) in [4.78, 5) is 12.0. The number of rotatable bonds is 5. The van der Waals surface area contributed by atoms with Gasteiger partial charge in [-0.2, -0.15) is 0 Å². The molecule has 0 bridgehead atoms. The zero-order valence-electron chi connectivity index (χ0n) is 11.1. The predicted octanol–water partition coefficient (Wildman–Crippen LogP) is 1.41. The van der Waals surface area contributed by atoms with Gasteiger partial charge in [0.05, 0.1) is 0 Å². The summed E-state index contributed by atoms with van der Waals surface area (Å²) in [5.41, 5.74) is 1.45. The van der Waals surface area contributed by atoms with E-state index >= 15 is 0 Å². The minimum absolute atomic E-state index is 0.0644. The van der Waals surface area contributed by atoms with Crippen molar-refractivity contribution in [3.05, 3.63) is 29.8 Å². The molecule has 1 amide bonds. The molecule has 19 heavy (non-hydrogen) atoms. The lowest BCUT2D eigenvalue weighted by Crippen LogP contribution is -2.24. The van der Waals surface area contributed by atoms with Crippen molar-refractivity contribution in [2.75, 3.05) is 6.54 Å². The van der Waals surface area contributed by atoms with Crippen molar-refractivity contribution in [3.63, 3.8) is 0 Å². The first-order valence-corrected chi connectivity index (χ1v) is 6.33. The molecule has 0 radical (unpaired) electrons. The number of aromatic nitrogens is 4. The van der Waals surface area contributed by atoms with Crippen molar-refractivity contribution < 1.29 is 4.79 Å². The Morgan fingerprint density at radius 2 is 2.26 bits per heavy atom. The lowest BCUT2D eigenvalue weighted by atomic mass is 10.1. The van der Waals surface area contributed by atoms with E-state index < -0.39 is 0 Å². The standard InChI is InChI=1S/C13H17N5O/c1-3-4-8-14-13(19)11-7-5-6-10(9-11)12-15-16-17-18(12)2/h5-7,9H,3-4,8H2,1-2H3,(H,14,19). The van der Waals surface area contributed by atoms with Crippen molar-refractivity contribution in [3.8, 4) is 11.4 Å². The Morgan fingerprint density at radius 1 is 1.42 bits per heavy atom. The van der Waals surface area contributed by atoms with E-state index in [1.165, 1.54) is 0 Å². The van der Waals surface area contributed by atoms with Crippen molar-refractivity contribution in [1.29, 1.82) is 0 Å². The average Bonchev–Trinajstić information content (AvgIpc) is 2.85. The molecule has 2 rings (SSSR count). The first-order valence-electron chi connectivity index (χ1n) is 6.33. The van der Waals surface area contributed by atoms with Crippen LogP contribution in [-0.4, -0.2) is 32.7 Å². The topological polar surface area (TPSA) is 72.7 Å². The van der Waals surface area contributed by atoms with Gasteiger partial charge in [0.25, 0.3) is 5.91 Å². The summed E-state index contributed by atoms with van der Waals surface area (Å²) in [6.07, 6.45) is 2.05. The van der Waals surface area contributed by atoms with Gasteiger partial charge in [-0.15, -0.1) is 5.10 Å². The Balaban J connectivity index is 2.16. The number of nitrogens with one attached hydrogen (secondary N) is 1. The fraction of sp³-hybridized carbons (Fsp3) is 0.385. The second kappa shape index (κ2) is 6.08. The number of hydrogen-bond donors (Lipinski definition) is 1. The molecule has 0 spiro atoms. The summed E-state index contributed by atoms with van der Waals surface area (Å²) in [5, 5.41) is 14.2. The van der Waals surface area contributed by atoms with Crippen LogP contribution >= 0.6 is 0 Å². The molecule has 2 aromatic rings. The van der Waals surface area contributed by atoms with Gasteiger partial charge in [0.2, 0.25) is 0 Å². The molecule has 1 aromatic carbocycles. The quantitative estimate of drug-likeness (QED) is 0.824. The molecule has 0 atom stereocenters. The van der Waals surface area contributed by atoms with E-state index in [2.05, 4.69) is 27.8 Å². The molecule has 6 heteroatoms. The van der Waals surface area contributed by atoms with Crippen LogP contribution in [0.5, 0.6) is 0 Å². The Bertz CT molecular complexity index is 564. The number of carbonyl (C=O) groups is 1. The van der Waals surface area contributed by atoms with Gasteiger partial charge in [-0.1, -0.05) is 25.5 Å². The highest BCUT2D eigenvalue weighted by atomic mass is 16.1. The average molecular weight is 259 g/mol. The van der Waals surface area contributed by atoms with Crippen LogP contribution in [0.2, 0.25) is 0 Å². The Hall–Kier alpha value is -2.24. The van der Waals surface area contributed by atoms with Crippen LogP contribution in [-0.2, 0) is 7.05 Å². The van der Waals surface area contributed by atoms with Crippen LogP contribution < -0.4 is 5.32 Å². The van der Waals surface area contributed by atoms with Gasteiger partial charge in [0, 0.05) is 24.7 Å². The highest BCUT2D eigenvalue weighted by Gasteiger charge is 2.09. The van der Waals surface area contributed by atoms with Crippen LogP contribution in [0.3, 0.4) is 0 Å². The van der Waals surface area contributed by atoms with E-state index in [1.54, 1.807) is 23.9 Å². The van der Waals surface area contributed by atoms with Gasteiger partial charge in [0.1, 0.15) is 0 Å². The number of carbonyl (C=O) groups excluding carboxylic acids is 1. The SMILES string of the molecule is CCCCNC(=O)c1cccc(-c2nnnn2C)c1. The van der Waals surface area contributed by atoms with E-state index in [4.69, 9.17) is 0 Å². The second-order valence-electron chi connectivity index (χ2n) is 4.32. The molecule has 0 saturated carbocycles. The molecule has 1 aromatic heterocycles. The fourth-order valence-corrected chi connectivity index (χ4v) is 1.75. The van der Waals surface area contributed by atoms with Crippen molar-refractivity contribution in [2.24, 2.45) is 7.05 Å². The third-order valence-corrected chi connectivity index (χ3v) is 2.82. The Morgan fingerprint density at radius 3 is 2.95 bits per heavy atom. The van der Waals surface area contributed by atoms with E-state index in [1.807, 2.05) is 12.1 Å².